The number of benzene rings is 3. The first-order valence-electron chi connectivity index (χ1n) is 10.5. The van der Waals surface area contributed by atoms with Crippen LogP contribution in [0.5, 0.6) is 11.5 Å². The number of carbonyl (C=O) groups excluding carboxylic acids is 2. The quantitative estimate of drug-likeness (QED) is 0.445. The average Bonchev–Trinajstić information content (AvgIpc) is 3.28. The molecule has 6 heteroatoms. The van der Waals surface area contributed by atoms with Gasteiger partial charge in [0.2, 0.25) is 0 Å². The van der Waals surface area contributed by atoms with Crippen LogP contribution in [-0.2, 0) is 9.59 Å². The predicted octanol–water partition coefficient (Wildman–Crippen LogP) is 3.42. The molecule has 0 unspecified atom stereocenters. The van der Waals surface area contributed by atoms with Crippen molar-refractivity contribution in [2.75, 3.05) is 18.0 Å². The zero-order valence-corrected chi connectivity index (χ0v) is 18.4. The monoisotopic (exact) mass is 445 g/mol. The number of ether oxygens (including phenoxy) is 2. The minimum Gasteiger partial charge on any atom is -0.422 e. The van der Waals surface area contributed by atoms with Gasteiger partial charge in [0, 0.05) is 34.2 Å². The van der Waals surface area contributed by atoms with Gasteiger partial charge < -0.3 is 14.4 Å². The van der Waals surface area contributed by atoms with Gasteiger partial charge >= 0.3 is 11.9 Å². The maximum Gasteiger partial charge on any atom is 0.344 e. The summed E-state index contributed by atoms with van der Waals surface area (Å²) < 4.78 is 11.1. The lowest BCUT2D eigenvalue weighted by Gasteiger charge is -2.21. The van der Waals surface area contributed by atoms with Gasteiger partial charge in [-0.2, -0.15) is 0 Å². The highest BCUT2D eigenvalue weighted by Crippen LogP contribution is 2.28. The predicted molar refractivity (Wildman–Crippen MR) is 123 cm³/mol. The molecule has 0 atom stereocenters. The Bertz CT molecular complexity index is 1370. The third-order valence-corrected chi connectivity index (χ3v) is 6.10. The van der Waals surface area contributed by atoms with Crippen LogP contribution in [0.1, 0.15) is 25.0 Å². The Hall–Kier alpha value is -3.57. The standard InChI is InChI=1S/C26H20ClNO4/c1-3-28(4-2)18-11-7-16(8-12-18)24-20-14-21-19(13-22(20)32-26(24)30)23(25(29)31-21)15-5-9-17(27)10-6-15/h5-14H,3-4H2,1-2H3. The van der Waals surface area contributed by atoms with Crippen molar-refractivity contribution in [1.82, 2.24) is 0 Å². The van der Waals surface area contributed by atoms with Crippen LogP contribution in [0, 0.1) is 0 Å². The second-order valence-electron chi connectivity index (χ2n) is 7.60. The van der Waals surface area contributed by atoms with Crippen molar-refractivity contribution in [3.8, 4) is 11.5 Å². The van der Waals surface area contributed by atoms with E-state index >= 15 is 0 Å². The number of anilines is 1. The van der Waals surface area contributed by atoms with Gasteiger partial charge in [-0.1, -0.05) is 35.9 Å². The number of carbonyl (C=O) groups is 2. The first-order chi connectivity index (χ1) is 15.5. The van der Waals surface area contributed by atoms with Crippen LogP contribution in [0.2, 0.25) is 5.02 Å². The summed E-state index contributed by atoms with van der Waals surface area (Å²) in [6, 6.07) is 18.2. The van der Waals surface area contributed by atoms with Crippen LogP contribution in [0.3, 0.4) is 0 Å². The molecule has 5 nitrogen and oxygen atoms in total. The Labute approximate surface area is 190 Å². The molecule has 0 radical (unpaired) electrons. The molecular formula is C26H20ClNO4. The van der Waals surface area contributed by atoms with E-state index in [4.69, 9.17) is 21.1 Å². The van der Waals surface area contributed by atoms with Crippen molar-refractivity contribution in [3.05, 3.63) is 87.3 Å². The van der Waals surface area contributed by atoms with Crippen molar-refractivity contribution < 1.29 is 19.1 Å². The number of hydrogen-bond acceptors (Lipinski definition) is 5. The molecule has 2 aliphatic rings. The lowest BCUT2D eigenvalue weighted by molar-refractivity contribution is -0.128. The van der Waals surface area contributed by atoms with Gasteiger partial charge in [0.15, 0.2) is 0 Å². The summed E-state index contributed by atoms with van der Waals surface area (Å²) in [6.45, 7) is 6.02. The largest absolute Gasteiger partial charge is 0.422 e. The van der Waals surface area contributed by atoms with Crippen molar-refractivity contribution >= 4 is 40.4 Å². The third kappa shape index (κ3) is 3.26. The highest BCUT2D eigenvalue weighted by molar-refractivity contribution is 6.30. The van der Waals surface area contributed by atoms with E-state index in [1.54, 1.807) is 36.4 Å². The van der Waals surface area contributed by atoms with Gasteiger partial charge in [-0.05, 0) is 61.4 Å². The minimum atomic E-state index is -0.442. The average molecular weight is 446 g/mol. The summed E-state index contributed by atoms with van der Waals surface area (Å²) in [4.78, 5) is 27.6. The van der Waals surface area contributed by atoms with E-state index in [0.29, 0.717) is 43.7 Å². The Kier molecular flexibility index (Phi) is 4.98. The fraction of sp³-hybridized carbons (Fsp3) is 0.154. The molecule has 3 aromatic carbocycles. The highest BCUT2D eigenvalue weighted by Gasteiger charge is 2.30. The fourth-order valence-corrected chi connectivity index (χ4v) is 4.36. The second kappa shape index (κ2) is 7.84. The lowest BCUT2D eigenvalue weighted by atomic mass is 10.0. The van der Waals surface area contributed by atoms with Crippen LogP contribution in [0.25, 0.3) is 11.1 Å². The summed E-state index contributed by atoms with van der Waals surface area (Å²) in [5.41, 5.74) is 3.43. The van der Waals surface area contributed by atoms with Crippen LogP contribution >= 0.6 is 11.6 Å². The van der Waals surface area contributed by atoms with E-state index in [-0.39, 0.29) is 0 Å². The van der Waals surface area contributed by atoms with E-state index in [1.807, 2.05) is 24.3 Å². The topological polar surface area (TPSA) is 55.8 Å². The molecule has 0 fully saturated rings. The molecular weight excluding hydrogens is 426 g/mol. The summed E-state index contributed by atoms with van der Waals surface area (Å²) in [6.07, 6.45) is 0. The number of fused-ring (bicyclic) bond motifs is 2. The van der Waals surface area contributed by atoms with Gasteiger partial charge in [-0.3, -0.25) is 0 Å². The SMILES string of the molecule is CCN(CC)c1ccc(C2=c3cc4c(cc3OC2=O)=C(c2ccc(Cl)cc2)C(=O)O4)cc1. The summed E-state index contributed by atoms with van der Waals surface area (Å²) in [5, 5.41) is 1.80. The molecule has 0 aliphatic carbocycles. The highest BCUT2D eigenvalue weighted by atomic mass is 35.5. The maximum atomic E-state index is 12.7. The first kappa shape index (κ1) is 20.3. The Morgan fingerprint density at radius 1 is 0.719 bits per heavy atom. The van der Waals surface area contributed by atoms with Crippen molar-refractivity contribution in [2.24, 2.45) is 0 Å². The van der Waals surface area contributed by atoms with Crippen molar-refractivity contribution in [2.45, 2.75) is 13.8 Å². The van der Waals surface area contributed by atoms with Crippen LogP contribution in [0.15, 0.2) is 60.7 Å². The first-order valence-corrected chi connectivity index (χ1v) is 10.9. The van der Waals surface area contributed by atoms with E-state index < -0.39 is 11.9 Å². The smallest absolute Gasteiger partial charge is 0.344 e. The van der Waals surface area contributed by atoms with Crippen LogP contribution < -0.4 is 24.8 Å². The molecule has 0 N–H and O–H groups in total. The van der Waals surface area contributed by atoms with Gasteiger partial charge in [-0.25, -0.2) is 9.59 Å². The molecule has 0 saturated heterocycles. The molecule has 0 bridgehead atoms. The second-order valence-corrected chi connectivity index (χ2v) is 8.04. The van der Waals surface area contributed by atoms with Crippen LogP contribution in [0.4, 0.5) is 5.69 Å². The molecule has 0 saturated carbocycles. The molecule has 2 heterocycles. The van der Waals surface area contributed by atoms with Gasteiger partial charge in [-0.15, -0.1) is 0 Å². The molecule has 5 rings (SSSR count). The van der Waals surface area contributed by atoms with E-state index in [9.17, 15) is 9.59 Å². The number of esters is 2. The van der Waals surface area contributed by atoms with Gasteiger partial charge in [0.05, 0.1) is 11.1 Å². The summed E-state index contributed by atoms with van der Waals surface area (Å²) in [5.74, 6) is -0.0309. The Morgan fingerprint density at radius 2 is 1.16 bits per heavy atom. The molecule has 160 valence electrons. The molecule has 0 aromatic heterocycles. The minimum absolute atomic E-state index is 0.411. The Morgan fingerprint density at radius 3 is 1.59 bits per heavy atom. The molecule has 0 amide bonds. The zero-order chi connectivity index (χ0) is 22.4. The molecule has 2 aliphatic heterocycles. The molecule has 32 heavy (non-hydrogen) atoms. The van der Waals surface area contributed by atoms with E-state index in [2.05, 4.69) is 18.7 Å². The molecule has 0 spiro atoms. The van der Waals surface area contributed by atoms with Crippen LogP contribution in [-0.4, -0.2) is 25.0 Å². The number of rotatable bonds is 5. The summed E-state index contributed by atoms with van der Waals surface area (Å²) in [7, 11) is 0. The van der Waals surface area contributed by atoms with E-state index in [0.717, 1.165) is 24.3 Å². The number of halogens is 1. The zero-order valence-electron chi connectivity index (χ0n) is 17.6. The van der Waals surface area contributed by atoms with Gasteiger partial charge in [0.1, 0.15) is 11.5 Å². The number of nitrogens with zero attached hydrogens (tertiary/aromatic N) is 1. The number of hydrogen-bond donors (Lipinski definition) is 0. The Balaban J connectivity index is 1.65. The lowest BCUT2D eigenvalue weighted by Crippen LogP contribution is -2.21. The fourth-order valence-electron chi connectivity index (χ4n) is 4.23. The van der Waals surface area contributed by atoms with Gasteiger partial charge in [0.25, 0.3) is 0 Å². The molecule has 3 aromatic rings. The van der Waals surface area contributed by atoms with Crippen molar-refractivity contribution in [3.63, 3.8) is 0 Å². The summed E-state index contributed by atoms with van der Waals surface area (Å²) >= 11 is 5.98. The third-order valence-electron chi connectivity index (χ3n) is 5.85. The maximum absolute atomic E-state index is 12.7. The van der Waals surface area contributed by atoms with Crippen molar-refractivity contribution in [1.29, 1.82) is 0 Å². The normalized spacial score (nSPS) is 14.2. The van der Waals surface area contributed by atoms with E-state index in [1.165, 1.54) is 0 Å².